The average molecular weight is 379 g/mol. The monoisotopic (exact) mass is 379 g/mol. The normalized spacial score (nSPS) is 12.7. The van der Waals surface area contributed by atoms with Gasteiger partial charge in [0.15, 0.2) is 5.92 Å². The number of methoxy groups -OCH3 is 1. The molecule has 3 rings (SSSR count). The minimum absolute atomic E-state index is 0.0427. The minimum atomic E-state index is -4.71. The summed E-state index contributed by atoms with van der Waals surface area (Å²) in [5.41, 5.74) is 5.11. The van der Waals surface area contributed by atoms with Gasteiger partial charge in [-0.15, -0.1) is 0 Å². The third-order valence-corrected chi connectivity index (χ3v) is 3.70. The van der Waals surface area contributed by atoms with Crippen LogP contribution in [-0.2, 0) is 15.7 Å². The van der Waals surface area contributed by atoms with Gasteiger partial charge in [-0.2, -0.15) is 13.2 Å². The fourth-order valence-corrected chi connectivity index (χ4v) is 2.47. The van der Waals surface area contributed by atoms with Gasteiger partial charge in [-0.3, -0.25) is 4.79 Å². The molecule has 0 aliphatic carbocycles. The van der Waals surface area contributed by atoms with Crippen molar-refractivity contribution in [3.05, 3.63) is 53.4 Å². The Morgan fingerprint density at radius 3 is 2.59 bits per heavy atom. The topological polar surface area (TPSA) is 124 Å². The van der Waals surface area contributed by atoms with E-state index in [4.69, 9.17) is 5.73 Å². The number of ether oxygens (including phenoxy) is 1. The fraction of sp³-hybridized carbons (Fsp3) is 0.188. The molecule has 2 aromatic heterocycles. The number of halogens is 3. The van der Waals surface area contributed by atoms with Gasteiger partial charge >= 0.3 is 12.1 Å². The van der Waals surface area contributed by atoms with E-state index in [0.717, 1.165) is 6.20 Å². The highest BCUT2D eigenvalue weighted by Gasteiger charge is 2.35. The van der Waals surface area contributed by atoms with E-state index in [1.807, 2.05) is 0 Å². The number of amides is 1. The molecule has 0 saturated heterocycles. The van der Waals surface area contributed by atoms with E-state index in [1.165, 1.54) is 25.3 Å². The molecule has 0 bridgehead atoms. The fourth-order valence-electron chi connectivity index (χ4n) is 2.47. The first-order valence-electron chi connectivity index (χ1n) is 7.48. The Morgan fingerprint density at radius 1 is 1.22 bits per heavy atom. The first kappa shape index (κ1) is 18.3. The van der Waals surface area contributed by atoms with Gasteiger partial charge in [-0.25, -0.2) is 19.7 Å². The van der Waals surface area contributed by atoms with Crippen LogP contribution in [0.15, 0.2) is 30.5 Å². The van der Waals surface area contributed by atoms with Gasteiger partial charge < -0.3 is 15.5 Å². The third-order valence-electron chi connectivity index (χ3n) is 3.70. The maximum absolute atomic E-state index is 12.9. The summed E-state index contributed by atoms with van der Waals surface area (Å²) in [6.07, 6.45) is -3.82. The van der Waals surface area contributed by atoms with Crippen molar-refractivity contribution in [1.82, 2.24) is 19.9 Å². The van der Waals surface area contributed by atoms with Gasteiger partial charge in [-0.1, -0.05) is 0 Å². The Balaban J connectivity index is 2.08. The number of esters is 1. The number of nitrogens with two attached hydrogens (primary N) is 1. The van der Waals surface area contributed by atoms with Crippen LogP contribution >= 0.6 is 0 Å². The number of alkyl halides is 3. The summed E-state index contributed by atoms with van der Waals surface area (Å²) in [5, 5.41) is 0. The average Bonchev–Trinajstić information content (AvgIpc) is 3.02. The summed E-state index contributed by atoms with van der Waals surface area (Å²) in [6, 6.07) is 5.07. The highest BCUT2D eigenvalue weighted by atomic mass is 19.4. The third kappa shape index (κ3) is 3.57. The van der Waals surface area contributed by atoms with Crippen molar-refractivity contribution < 1.29 is 27.5 Å². The molecule has 0 spiro atoms. The molecule has 1 unspecified atom stereocenters. The highest BCUT2D eigenvalue weighted by molar-refractivity contribution is 5.94. The number of aromatic amines is 1. The predicted molar refractivity (Wildman–Crippen MR) is 85.5 cm³/mol. The standard InChI is InChI=1S/C16H12F3N5O3/c1-27-15(26)7-2-3-8-9(6-7)23-14(22-8)11(12(20)25)13-21-5-4-10(24-13)16(17,18)19/h2-6,11H,1H3,(H2,20,25)(H,22,23). The van der Waals surface area contributed by atoms with Crippen LogP contribution < -0.4 is 5.73 Å². The molecule has 1 aromatic carbocycles. The molecule has 27 heavy (non-hydrogen) atoms. The van der Waals surface area contributed by atoms with Crippen LogP contribution in [0.2, 0.25) is 0 Å². The minimum Gasteiger partial charge on any atom is -0.465 e. The lowest BCUT2D eigenvalue weighted by Crippen LogP contribution is -2.26. The van der Waals surface area contributed by atoms with Crippen molar-refractivity contribution in [3.63, 3.8) is 0 Å². The SMILES string of the molecule is COC(=O)c1ccc2nc(C(C(N)=O)c3nccc(C(F)(F)F)n3)[nH]c2c1. The summed E-state index contributed by atoms with van der Waals surface area (Å²) >= 11 is 0. The number of benzene rings is 1. The maximum atomic E-state index is 12.9. The molecule has 1 amide bonds. The lowest BCUT2D eigenvalue weighted by molar-refractivity contribution is -0.141. The van der Waals surface area contributed by atoms with Crippen LogP contribution in [0.1, 0.15) is 33.6 Å². The number of imidazole rings is 1. The molecule has 2 heterocycles. The second-order valence-electron chi connectivity index (χ2n) is 5.48. The lowest BCUT2D eigenvalue weighted by atomic mass is 10.1. The lowest BCUT2D eigenvalue weighted by Gasteiger charge is -2.11. The smallest absolute Gasteiger partial charge is 0.433 e. The van der Waals surface area contributed by atoms with Crippen molar-refractivity contribution in [3.8, 4) is 0 Å². The molecule has 3 aromatic rings. The molecule has 0 saturated carbocycles. The van der Waals surface area contributed by atoms with Gasteiger partial charge in [0, 0.05) is 6.20 Å². The summed E-state index contributed by atoms with van der Waals surface area (Å²) < 4.78 is 43.3. The summed E-state index contributed by atoms with van der Waals surface area (Å²) in [4.78, 5) is 37.6. The van der Waals surface area contributed by atoms with Crippen LogP contribution in [0.3, 0.4) is 0 Å². The van der Waals surface area contributed by atoms with E-state index < -0.39 is 35.5 Å². The van der Waals surface area contributed by atoms with Crippen LogP contribution in [0.5, 0.6) is 0 Å². The largest absolute Gasteiger partial charge is 0.465 e. The summed E-state index contributed by atoms with van der Waals surface area (Å²) in [5.74, 6) is -3.48. The number of nitrogens with zero attached hydrogens (tertiary/aromatic N) is 3. The molecule has 11 heteroatoms. The molecule has 0 aliphatic rings. The second-order valence-corrected chi connectivity index (χ2v) is 5.48. The molecule has 140 valence electrons. The van der Waals surface area contributed by atoms with E-state index in [9.17, 15) is 22.8 Å². The predicted octanol–water partition coefficient (Wildman–Crippen LogP) is 1.78. The van der Waals surface area contributed by atoms with Crippen molar-refractivity contribution in [2.75, 3.05) is 7.11 Å². The van der Waals surface area contributed by atoms with Gasteiger partial charge in [0.05, 0.1) is 23.7 Å². The van der Waals surface area contributed by atoms with Gasteiger partial charge in [0.2, 0.25) is 5.91 Å². The second kappa shape index (κ2) is 6.67. The number of H-pyrrole nitrogens is 1. The van der Waals surface area contributed by atoms with Crippen molar-refractivity contribution in [2.24, 2.45) is 5.73 Å². The quantitative estimate of drug-likeness (QED) is 0.666. The maximum Gasteiger partial charge on any atom is 0.433 e. The molecule has 8 nitrogen and oxygen atoms in total. The van der Waals surface area contributed by atoms with Crippen LogP contribution in [0.4, 0.5) is 13.2 Å². The number of nitrogens with one attached hydrogen (secondary N) is 1. The molecule has 1 atom stereocenters. The Morgan fingerprint density at radius 2 is 1.96 bits per heavy atom. The van der Waals surface area contributed by atoms with Gasteiger partial charge in [0.25, 0.3) is 0 Å². The number of fused-ring (bicyclic) bond motifs is 1. The van der Waals surface area contributed by atoms with E-state index >= 15 is 0 Å². The van der Waals surface area contributed by atoms with Crippen molar-refractivity contribution in [1.29, 1.82) is 0 Å². The Hall–Kier alpha value is -3.50. The summed E-state index contributed by atoms with van der Waals surface area (Å²) in [6.45, 7) is 0. The van der Waals surface area contributed by atoms with E-state index in [1.54, 1.807) is 0 Å². The number of carbonyl (C=O) groups excluding carboxylic acids is 2. The van der Waals surface area contributed by atoms with E-state index in [0.29, 0.717) is 17.1 Å². The molecular weight excluding hydrogens is 367 g/mol. The van der Waals surface area contributed by atoms with Crippen LogP contribution in [-0.4, -0.2) is 38.9 Å². The summed E-state index contributed by atoms with van der Waals surface area (Å²) in [7, 11) is 1.22. The Bertz CT molecular complexity index is 1030. The Labute approximate surface area is 149 Å². The molecular formula is C16H12F3N5O3. The molecule has 0 fully saturated rings. The Kier molecular flexibility index (Phi) is 4.52. The number of aromatic nitrogens is 4. The first-order valence-corrected chi connectivity index (χ1v) is 7.48. The molecule has 0 aliphatic heterocycles. The van der Waals surface area contributed by atoms with Crippen LogP contribution in [0.25, 0.3) is 11.0 Å². The molecule has 0 radical (unpaired) electrons. The zero-order valence-corrected chi connectivity index (χ0v) is 13.7. The zero-order valence-electron chi connectivity index (χ0n) is 13.7. The van der Waals surface area contributed by atoms with E-state index in [2.05, 4.69) is 24.7 Å². The van der Waals surface area contributed by atoms with E-state index in [-0.39, 0.29) is 11.4 Å². The van der Waals surface area contributed by atoms with Crippen molar-refractivity contribution >= 4 is 22.9 Å². The zero-order chi connectivity index (χ0) is 19.8. The first-order chi connectivity index (χ1) is 12.7. The number of hydrogen-bond donors (Lipinski definition) is 2. The molecule has 3 N–H and O–H groups in total. The van der Waals surface area contributed by atoms with Crippen molar-refractivity contribution in [2.45, 2.75) is 12.1 Å². The number of primary amides is 1. The highest BCUT2D eigenvalue weighted by Crippen LogP contribution is 2.29. The van der Waals surface area contributed by atoms with Crippen LogP contribution in [0, 0.1) is 0 Å². The number of carbonyl (C=O) groups is 2. The number of hydrogen-bond acceptors (Lipinski definition) is 6. The van der Waals surface area contributed by atoms with Gasteiger partial charge in [-0.05, 0) is 24.3 Å². The van der Waals surface area contributed by atoms with Gasteiger partial charge in [0.1, 0.15) is 17.3 Å². The number of rotatable bonds is 4.